The van der Waals surface area contributed by atoms with E-state index in [0.717, 1.165) is 11.1 Å². The molecule has 104 valence electrons. The average Bonchev–Trinajstić information content (AvgIpc) is 3.07. The minimum atomic E-state index is -0.584. The van der Waals surface area contributed by atoms with E-state index >= 15 is 0 Å². The molecule has 0 spiro atoms. The highest BCUT2D eigenvalue weighted by molar-refractivity contribution is 5.80. The lowest BCUT2D eigenvalue weighted by Crippen LogP contribution is -2.38. The van der Waals surface area contributed by atoms with Gasteiger partial charge < -0.3 is 10.4 Å². The van der Waals surface area contributed by atoms with Crippen LogP contribution in [0.25, 0.3) is 0 Å². The van der Waals surface area contributed by atoms with Crippen LogP contribution in [0.3, 0.4) is 0 Å². The SMILES string of the molecule is CC(C(=O)N[C@@H]1c2ccccc2C[C@@H]1O)n1cncn1. The minimum absolute atomic E-state index is 0.184. The van der Waals surface area contributed by atoms with Crippen molar-refractivity contribution >= 4 is 5.91 Å². The second-order valence-corrected chi connectivity index (χ2v) is 5.01. The molecule has 1 aromatic heterocycles. The van der Waals surface area contributed by atoms with Crippen LogP contribution in [0.4, 0.5) is 0 Å². The highest BCUT2D eigenvalue weighted by Crippen LogP contribution is 2.31. The fourth-order valence-corrected chi connectivity index (χ4v) is 2.56. The maximum atomic E-state index is 12.2. The van der Waals surface area contributed by atoms with E-state index in [9.17, 15) is 9.90 Å². The van der Waals surface area contributed by atoms with Gasteiger partial charge in [-0.25, -0.2) is 9.67 Å². The van der Waals surface area contributed by atoms with Gasteiger partial charge in [-0.15, -0.1) is 0 Å². The molecular formula is C14H16N4O2. The van der Waals surface area contributed by atoms with Gasteiger partial charge in [0.1, 0.15) is 18.7 Å². The zero-order valence-corrected chi connectivity index (χ0v) is 11.1. The molecule has 0 fully saturated rings. The van der Waals surface area contributed by atoms with Crippen molar-refractivity contribution in [3.8, 4) is 0 Å². The number of carbonyl (C=O) groups is 1. The van der Waals surface area contributed by atoms with Gasteiger partial charge in [0.2, 0.25) is 5.91 Å². The second kappa shape index (κ2) is 5.05. The minimum Gasteiger partial charge on any atom is -0.390 e. The molecule has 3 atom stereocenters. The number of carbonyl (C=O) groups excluding carboxylic acids is 1. The summed E-state index contributed by atoms with van der Waals surface area (Å²) in [7, 11) is 0. The fourth-order valence-electron chi connectivity index (χ4n) is 2.56. The van der Waals surface area contributed by atoms with Crippen LogP contribution in [-0.2, 0) is 11.2 Å². The maximum Gasteiger partial charge on any atom is 0.245 e. The molecule has 2 aromatic rings. The highest BCUT2D eigenvalue weighted by Gasteiger charge is 2.33. The van der Waals surface area contributed by atoms with Crippen LogP contribution in [0.15, 0.2) is 36.9 Å². The van der Waals surface area contributed by atoms with E-state index in [-0.39, 0.29) is 11.9 Å². The molecule has 0 aliphatic heterocycles. The first-order valence-corrected chi connectivity index (χ1v) is 6.57. The molecule has 1 amide bonds. The van der Waals surface area contributed by atoms with Gasteiger partial charge in [0.05, 0.1) is 12.1 Å². The van der Waals surface area contributed by atoms with Gasteiger partial charge in [-0.1, -0.05) is 24.3 Å². The summed E-state index contributed by atoms with van der Waals surface area (Å²) >= 11 is 0. The Kier molecular flexibility index (Phi) is 3.23. The van der Waals surface area contributed by atoms with Gasteiger partial charge in [-0.2, -0.15) is 5.10 Å². The van der Waals surface area contributed by atoms with E-state index in [1.54, 1.807) is 6.92 Å². The summed E-state index contributed by atoms with van der Waals surface area (Å²) in [5.41, 5.74) is 2.07. The van der Waals surface area contributed by atoms with Gasteiger partial charge in [-0.3, -0.25) is 4.79 Å². The van der Waals surface area contributed by atoms with Gasteiger partial charge in [0, 0.05) is 6.42 Å². The standard InChI is InChI=1S/C14H16N4O2/c1-9(18-8-15-7-16-18)14(20)17-13-11-5-3-2-4-10(11)6-12(13)19/h2-5,7-9,12-13,19H,6H2,1H3,(H,17,20)/t9?,12-,13+/m0/s1. The normalized spacial score (nSPS) is 22.3. The summed E-state index contributed by atoms with van der Waals surface area (Å²) in [6, 6.07) is 6.95. The molecule has 0 saturated carbocycles. The summed E-state index contributed by atoms with van der Waals surface area (Å²) in [4.78, 5) is 16.1. The zero-order valence-electron chi connectivity index (χ0n) is 11.1. The monoisotopic (exact) mass is 272 g/mol. The van der Waals surface area contributed by atoms with Gasteiger partial charge in [0.15, 0.2) is 0 Å². The van der Waals surface area contributed by atoms with Crippen LogP contribution in [0.5, 0.6) is 0 Å². The predicted molar refractivity (Wildman–Crippen MR) is 71.8 cm³/mol. The molecule has 0 bridgehead atoms. The van der Waals surface area contributed by atoms with Crippen LogP contribution < -0.4 is 5.32 Å². The maximum absolute atomic E-state index is 12.2. The summed E-state index contributed by atoms with van der Waals surface area (Å²) in [6.07, 6.45) is 2.88. The number of aliphatic hydroxyl groups is 1. The Balaban J connectivity index is 1.76. The molecule has 1 aromatic carbocycles. The lowest BCUT2D eigenvalue weighted by atomic mass is 10.1. The third kappa shape index (κ3) is 2.18. The van der Waals surface area contributed by atoms with E-state index in [1.807, 2.05) is 24.3 Å². The average molecular weight is 272 g/mol. The largest absolute Gasteiger partial charge is 0.390 e. The smallest absolute Gasteiger partial charge is 0.245 e. The summed E-state index contributed by atoms with van der Waals surface area (Å²) < 4.78 is 1.49. The second-order valence-electron chi connectivity index (χ2n) is 5.01. The van der Waals surface area contributed by atoms with E-state index in [0.29, 0.717) is 6.42 Å². The van der Waals surface area contributed by atoms with Crippen molar-refractivity contribution in [1.29, 1.82) is 0 Å². The molecule has 20 heavy (non-hydrogen) atoms. The Hall–Kier alpha value is -2.21. The van der Waals surface area contributed by atoms with Crippen LogP contribution in [0, 0.1) is 0 Å². The number of rotatable bonds is 3. The molecule has 0 radical (unpaired) electrons. The quantitative estimate of drug-likeness (QED) is 0.858. The number of aromatic nitrogens is 3. The Bertz CT molecular complexity index is 611. The number of nitrogens with zero attached hydrogens (tertiary/aromatic N) is 3. The molecule has 1 aliphatic rings. The summed E-state index contributed by atoms with van der Waals surface area (Å²) in [5, 5.41) is 17.0. The Morgan fingerprint density at radius 1 is 1.50 bits per heavy atom. The first kappa shape index (κ1) is 12.8. The predicted octanol–water partition coefficient (Wildman–Crippen LogP) is 0.614. The number of hydrogen-bond donors (Lipinski definition) is 2. The van der Waals surface area contributed by atoms with Crippen LogP contribution in [0.1, 0.15) is 30.1 Å². The number of hydrogen-bond acceptors (Lipinski definition) is 4. The number of benzene rings is 1. The van der Waals surface area contributed by atoms with Crippen LogP contribution in [-0.4, -0.2) is 31.9 Å². The molecule has 6 nitrogen and oxygen atoms in total. The number of nitrogens with one attached hydrogen (secondary N) is 1. The van der Waals surface area contributed by atoms with Crippen LogP contribution in [0.2, 0.25) is 0 Å². The molecule has 2 N–H and O–H groups in total. The molecule has 1 aliphatic carbocycles. The van der Waals surface area contributed by atoms with Gasteiger partial charge in [-0.05, 0) is 18.1 Å². The van der Waals surface area contributed by atoms with E-state index in [2.05, 4.69) is 15.4 Å². The number of aliphatic hydroxyl groups excluding tert-OH is 1. The van der Waals surface area contributed by atoms with E-state index < -0.39 is 12.1 Å². The fraction of sp³-hybridized carbons (Fsp3) is 0.357. The molecule has 1 heterocycles. The molecule has 0 saturated heterocycles. The van der Waals surface area contributed by atoms with Crippen molar-refractivity contribution in [2.24, 2.45) is 0 Å². The number of amides is 1. The Morgan fingerprint density at radius 2 is 2.30 bits per heavy atom. The van der Waals surface area contributed by atoms with Crippen molar-refractivity contribution in [2.75, 3.05) is 0 Å². The highest BCUT2D eigenvalue weighted by atomic mass is 16.3. The first-order chi connectivity index (χ1) is 9.66. The van der Waals surface area contributed by atoms with E-state index in [1.165, 1.54) is 17.3 Å². The van der Waals surface area contributed by atoms with Crippen molar-refractivity contribution < 1.29 is 9.90 Å². The third-order valence-corrected chi connectivity index (χ3v) is 3.71. The summed E-state index contributed by atoms with van der Waals surface area (Å²) in [6.45, 7) is 1.75. The van der Waals surface area contributed by atoms with Crippen molar-refractivity contribution in [3.63, 3.8) is 0 Å². The molecule has 6 heteroatoms. The molecule has 3 rings (SSSR count). The van der Waals surface area contributed by atoms with Gasteiger partial charge in [0.25, 0.3) is 0 Å². The van der Waals surface area contributed by atoms with Gasteiger partial charge >= 0.3 is 0 Å². The number of fused-ring (bicyclic) bond motifs is 1. The molecule has 1 unspecified atom stereocenters. The Labute approximate surface area is 116 Å². The molecular weight excluding hydrogens is 256 g/mol. The lowest BCUT2D eigenvalue weighted by molar-refractivity contribution is -0.125. The van der Waals surface area contributed by atoms with E-state index in [4.69, 9.17) is 0 Å². The summed E-state index contributed by atoms with van der Waals surface area (Å²) in [5.74, 6) is -0.184. The third-order valence-electron chi connectivity index (χ3n) is 3.71. The van der Waals surface area contributed by atoms with Crippen molar-refractivity contribution in [2.45, 2.75) is 31.5 Å². The van der Waals surface area contributed by atoms with Crippen molar-refractivity contribution in [1.82, 2.24) is 20.1 Å². The van der Waals surface area contributed by atoms with Crippen LogP contribution >= 0.6 is 0 Å². The topological polar surface area (TPSA) is 80.0 Å². The Morgan fingerprint density at radius 3 is 3.05 bits per heavy atom. The van der Waals surface area contributed by atoms with Crippen molar-refractivity contribution in [3.05, 3.63) is 48.0 Å². The zero-order chi connectivity index (χ0) is 14.1. The first-order valence-electron chi connectivity index (χ1n) is 6.57. The lowest BCUT2D eigenvalue weighted by Gasteiger charge is -2.20.